The van der Waals surface area contributed by atoms with Crippen molar-refractivity contribution in [1.29, 1.82) is 0 Å². The van der Waals surface area contributed by atoms with E-state index in [9.17, 15) is 9.59 Å². The van der Waals surface area contributed by atoms with Crippen LogP contribution in [-0.2, 0) is 0 Å². The minimum absolute atomic E-state index is 0.0215. The molecule has 27 heavy (non-hydrogen) atoms. The van der Waals surface area contributed by atoms with Crippen LogP contribution in [0.5, 0.6) is 0 Å². The summed E-state index contributed by atoms with van der Waals surface area (Å²) in [5.74, 6) is 0.289. The molecule has 0 aliphatic carbocycles. The first kappa shape index (κ1) is 20.8. The molecule has 0 aliphatic heterocycles. The van der Waals surface area contributed by atoms with Crippen molar-refractivity contribution in [2.24, 2.45) is 5.41 Å². The Labute approximate surface area is 160 Å². The Morgan fingerprint density at radius 1 is 0.926 bits per heavy atom. The number of hydrogen-bond donors (Lipinski definition) is 2. The molecule has 0 aliphatic rings. The molecule has 2 rings (SSSR count). The number of carbonyl (C=O) groups is 2. The lowest BCUT2D eigenvalue weighted by Crippen LogP contribution is -2.38. The quantitative estimate of drug-likeness (QED) is 0.539. The van der Waals surface area contributed by atoms with E-state index in [2.05, 4.69) is 24.5 Å². The van der Waals surface area contributed by atoms with Crippen LogP contribution in [-0.4, -0.2) is 24.9 Å². The molecule has 0 spiro atoms. The Balaban J connectivity index is 1.85. The predicted molar refractivity (Wildman–Crippen MR) is 104 cm³/mol. The van der Waals surface area contributed by atoms with Crippen LogP contribution in [0, 0.1) is 5.41 Å². The Morgan fingerprint density at radius 3 is 2.04 bits per heavy atom. The highest BCUT2D eigenvalue weighted by Gasteiger charge is 2.28. The molecule has 1 atom stereocenters. The molecule has 2 N–H and O–H groups in total. The lowest BCUT2D eigenvalue weighted by atomic mass is 9.76. The molecule has 2 heterocycles. The number of amides is 2. The summed E-state index contributed by atoms with van der Waals surface area (Å²) in [6.07, 6.45) is 9.01. The first-order valence-electron chi connectivity index (χ1n) is 9.73. The van der Waals surface area contributed by atoms with Crippen LogP contribution < -0.4 is 10.6 Å². The van der Waals surface area contributed by atoms with Gasteiger partial charge in [0.15, 0.2) is 11.5 Å². The van der Waals surface area contributed by atoms with E-state index in [1.54, 1.807) is 24.3 Å². The normalized spacial score (nSPS) is 13.1. The van der Waals surface area contributed by atoms with Gasteiger partial charge in [0.1, 0.15) is 0 Å². The summed E-state index contributed by atoms with van der Waals surface area (Å²) in [7, 11) is 0. The zero-order chi connectivity index (χ0) is 19.5. The second kappa shape index (κ2) is 10.6. The van der Waals surface area contributed by atoms with E-state index in [-0.39, 0.29) is 17.2 Å². The van der Waals surface area contributed by atoms with Crippen molar-refractivity contribution in [1.82, 2.24) is 10.6 Å². The summed E-state index contributed by atoms with van der Waals surface area (Å²) in [6.45, 7) is 5.52. The molecule has 1 unspecified atom stereocenters. The van der Waals surface area contributed by atoms with Crippen LogP contribution >= 0.6 is 0 Å². The fraction of sp³-hybridized carbons (Fsp3) is 0.524. The van der Waals surface area contributed by atoms with Gasteiger partial charge in [-0.25, -0.2) is 0 Å². The van der Waals surface area contributed by atoms with Gasteiger partial charge in [-0.15, -0.1) is 0 Å². The highest BCUT2D eigenvalue weighted by Crippen LogP contribution is 2.33. The largest absolute Gasteiger partial charge is 0.459 e. The minimum Gasteiger partial charge on any atom is -0.459 e. The van der Waals surface area contributed by atoms with E-state index in [0.717, 1.165) is 38.5 Å². The van der Waals surface area contributed by atoms with E-state index in [0.29, 0.717) is 24.6 Å². The van der Waals surface area contributed by atoms with Gasteiger partial charge in [-0.05, 0) is 55.4 Å². The number of nitrogens with one attached hydrogen (secondary N) is 2. The molecule has 2 aromatic heterocycles. The molecule has 0 aromatic carbocycles. The molecular formula is C21H30N2O4. The third-order valence-corrected chi connectivity index (χ3v) is 5.09. The Hall–Kier alpha value is -2.50. The standard InChI is InChI=1S/C21H30N2O4/c1-3-5-11-21(4-2,16-23-20(25)18-10-7-15-27-18)12-8-13-22-19(24)17-9-6-14-26-17/h6-7,9-10,14-15H,3-5,8,11-13,16H2,1-2H3,(H,22,24)(H,23,25). The van der Waals surface area contributed by atoms with E-state index in [1.807, 2.05) is 0 Å². The summed E-state index contributed by atoms with van der Waals surface area (Å²) in [5.41, 5.74) is 0.0215. The Kier molecular flexibility index (Phi) is 8.17. The first-order chi connectivity index (χ1) is 13.1. The highest BCUT2D eigenvalue weighted by atomic mass is 16.3. The molecule has 0 saturated heterocycles. The molecule has 2 aromatic rings. The minimum atomic E-state index is -0.193. The second-order valence-corrected chi connectivity index (χ2v) is 6.95. The number of rotatable bonds is 12. The number of unbranched alkanes of at least 4 members (excludes halogenated alkanes) is 1. The molecule has 2 amide bonds. The molecule has 6 heteroatoms. The van der Waals surface area contributed by atoms with Crippen LogP contribution in [0.25, 0.3) is 0 Å². The van der Waals surface area contributed by atoms with Crippen molar-refractivity contribution in [3.8, 4) is 0 Å². The summed E-state index contributed by atoms with van der Waals surface area (Å²) in [4.78, 5) is 24.2. The van der Waals surface area contributed by atoms with Crippen LogP contribution in [0.4, 0.5) is 0 Å². The van der Waals surface area contributed by atoms with Crippen LogP contribution in [0.1, 0.15) is 73.5 Å². The number of carbonyl (C=O) groups excluding carboxylic acids is 2. The maximum Gasteiger partial charge on any atom is 0.286 e. The van der Waals surface area contributed by atoms with Gasteiger partial charge in [-0.2, -0.15) is 0 Å². The van der Waals surface area contributed by atoms with Gasteiger partial charge < -0.3 is 19.5 Å². The van der Waals surface area contributed by atoms with Gasteiger partial charge in [0.05, 0.1) is 12.5 Å². The van der Waals surface area contributed by atoms with E-state index in [1.165, 1.54) is 12.5 Å². The summed E-state index contributed by atoms with van der Waals surface area (Å²) >= 11 is 0. The lowest BCUT2D eigenvalue weighted by molar-refractivity contribution is 0.0888. The van der Waals surface area contributed by atoms with E-state index in [4.69, 9.17) is 8.83 Å². The topological polar surface area (TPSA) is 84.5 Å². The van der Waals surface area contributed by atoms with Crippen molar-refractivity contribution < 1.29 is 18.4 Å². The maximum absolute atomic E-state index is 12.2. The maximum atomic E-state index is 12.2. The van der Waals surface area contributed by atoms with Crippen LogP contribution in [0.2, 0.25) is 0 Å². The summed E-state index contributed by atoms with van der Waals surface area (Å²) in [6, 6.07) is 6.72. The SMILES string of the molecule is CCCCC(CC)(CCCNC(=O)c1ccco1)CNC(=O)c1ccco1. The summed E-state index contributed by atoms with van der Waals surface area (Å²) < 4.78 is 10.3. The van der Waals surface area contributed by atoms with Gasteiger partial charge in [0.25, 0.3) is 11.8 Å². The molecule has 6 nitrogen and oxygen atoms in total. The van der Waals surface area contributed by atoms with Gasteiger partial charge >= 0.3 is 0 Å². The molecule has 0 radical (unpaired) electrons. The fourth-order valence-corrected chi connectivity index (χ4v) is 3.25. The third-order valence-electron chi connectivity index (χ3n) is 5.09. The van der Waals surface area contributed by atoms with Crippen molar-refractivity contribution >= 4 is 11.8 Å². The summed E-state index contributed by atoms with van der Waals surface area (Å²) in [5, 5.41) is 5.91. The molecule has 0 bridgehead atoms. The van der Waals surface area contributed by atoms with Crippen molar-refractivity contribution in [3.05, 3.63) is 48.3 Å². The third kappa shape index (κ3) is 6.31. The second-order valence-electron chi connectivity index (χ2n) is 6.95. The van der Waals surface area contributed by atoms with Gasteiger partial charge in [0.2, 0.25) is 0 Å². The average Bonchev–Trinajstić information content (AvgIpc) is 3.40. The van der Waals surface area contributed by atoms with Crippen molar-refractivity contribution in [2.75, 3.05) is 13.1 Å². The van der Waals surface area contributed by atoms with Gasteiger partial charge in [-0.3, -0.25) is 9.59 Å². The highest BCUT2D eigenvalue weighted by molar-refractivity contribution is 5.91. The predicted octanol–water partition coefficient (Wildman–Crippen LogP) is 4.40. The van der Waals surface area contributed by atoms with Crippen molar-refractivity contribution in [2.45, 2.75) is 52.4 Å². The zero-order valence-electron chi connectivity index (χ0n) is 16.3. The molecular weight excluding hydrogens is 344 g/mol. The average molecular weight is 374 g/mol. The monoisotopic (exact) mass is 374 g/mol. The lowest BCUT2D eigenvalue weighted by Gasteiger charge is -2.33. The van der Waals surface area contributed by atoms with Gasteiger partial charge in [0, 0.05) is 13.1 Å². The van der Waals surface area contributed by atoms with Crippen LogP contribution in [0.15, 0.2) is 45.6 Å². The van der Waals surface area contributed by atoms with E-state index < -0.39 is 0 Å². The number of hydrogen-bond acceptors (Lipinski definition) is 4. The Bertz CT molecular complexity index is 679. The van der Waals surface area contributed by atoms with Crippen molar-refractivity contribution in [3.63, 3.8) is 0 Å². The van der Waals surface area contributed by atoms with Gasteiger partial charge in [-0.1, -0.05) is 26.7 Å². The zero-order valence-corrected chi connectivity index (χ0v) is 16.3. The first-order valence-corrected chi connectivity index (χ1v) is 9.73. The molecule has 148 valence electrons. The van der Waals surface area contributed by atoms with E-state index >= 15 is 0 Å². The smallest absolute Gasteiger partial charge is 0.286 e. The van der Waals surface area contributed by atoms with Crippen LogP contribution in [0.3, 0.4) is 0 Å². The number of furan rings is 2. The molecule has 0 fully saturated rings. The Morgan fingerprint density at radius 2 is 1.52 bits per heavy atom. The molecule has 0 saturated carbocycles. The fourth-order valence-electron chi connectivity index (χ4n) is 3.25.